The molecule has 0 aliphatic heterocycles. The molecule has 0 saturated heterocycles. The summed E-state index contributed by atoms with van der Waals surface area (Å²) in [6.07, 6.45) is 6.05. The van der Waals surface area contributed by atoms with E-state index in [-0.39, 0.29) is 17.9 Å². The van der Waals surface area contributed by atoms with Gasteiger partial charge in [0.05, 0.1) is 18.0 Å². The summed E-state index contributed by atoms with van der Waals surface area (Å²) in [6, 6.07) is 17.4. The van der Waals surface area contributed by atoms with Crippen LogP contribution in [0.25, 0.3) is 11.2 Å². The van der Waals surface area contributed by atoms with Crippen LogP contribution in [0.5, 0.6) is 0 Å². The van der Waals surface area contributed by atoms with Gasteiger partial charge in [-0.3, -0.25) is 13.9 Å². The molecule has 3 N–H and O–H groups in total. The van der Waals surface area contributed by atoms with Gasteiger partial charge in [0.25, 0.3) is 5.56 Å². The van der Waals surface area contributed by atoms with Crippen molar-refractivity contribution in [1.82, 2.24) is 19.1 Å². The van der Waals surface area contributed by atoms with Crippen molar-refractivity contribution < 1.29 is 12.9 Å². The Morgan fingerprint density at radius 2 is 1.56 bits per heavy atom. The molecule has 11 heteroatoms. The van der Waals surface area contributed by atoms with E-state index in [1.54, 1.807) is 4.57 Å². The lowest BCUT2D eigenvalue weighted by atomic mass is 10.1. The Bertz CT molecular complexity index is 1500. The molecule has 208 valence electrons. The summed E-state index contributed by atoms with van der Waals surface area (Å²) >= 11 is -2.46. The summed E-state index contributed by atoms with van der Waals surface area (Å²) in [5.74, 6) is 0.636. The summed E-state index contributed by atoms with van der Waals surface area (Å²) < 4.78 is 28.2. The molecule has 10 nitrogen and oxygen atoms in total. The number of anilines is 1. The molecule has 0 fully saturated rings. The fraction of sp³-hybridized carbons (Fsp3) is 0.393. The van der Waals surface area contributed by atoms with Crippen molar-refractivity contribution in [2.24, 2.45) is 0 Å². The van der Waals surface area contributed by atoms with E-state index in [0.717, 1.165) is 36.8 Å². The highest BCUT2D eigenvalue weighted by atomic mass is 32.2. The summed E-state index contributed by atoms with van der Waals surface area (Å²) in [5, 5.41) is 0. The van der Waals surface area contributed by atoms with Gasteiger partial charge in [0.1, 0.15) is 11.3 Å². The standard InChI is InChI=1S/C28H35N5O5S/c29-23-14-12-21(13-15-23)16-18-32-26-25(30-24(31-26)20-22-10-6-5-7-11-22)27(34)33(28(32)35)17-8-3-1-2-4-9-19-38-39(36)37/h5-7,10-15H,1-4,8-9,16-20,29H2,(H,30,31)(H,36,37)/p-1. The zero-order valence-corrected chi connectivity index (χ0v) is 22.7. The lowest BCUT2D eigenvalue weighted by Gasteiger charge is -2.11. The van der Waals surface area contributed by atoms with E-state index in [1.807, 2.05) is 54.6 Å². The normalized spacial score (nSPS) is 12.2. The van der Waals surface area contributed by atoms with E-state index >= 15 is 0 Å². The van der Waals surface area contributed by atoms with Crippen LogP contribution in [-0.4, -0.2) is 34.5 Å². The molecule has 1 unspecified atom stereocenters. The zero-order valence-electron chi connectivity index (χ0n) is 21.8. The summed E-state index contributed by atoms with van der Waals surface area (Å²) in [6.45, 7) is 0.893. The monoisotopic (exact) mass is 552 g/mol. The number of nitrogens with one attached hydrogen (secondary N) is 1. The topological polar surface area (TPSA) is 148 Å². The molecule has 1 atom stereocenters. The maximum atomic E-state index is 13.5. The molecule has 2 aromatic carbocycles. The Labute approximate surface area is 229 Å². The molecule has 0 amide bonds. The first kappa shape index (κ1) is 28.5. The largest absolute Gasteiger partial charge is 0.750 e. The maximum absolute atomic E-state index is 13.5. The van der Waals surface area contributed by atoms with Crippen LogP contribution in [0.1, 0.15) is 55.5 Å². The van der Waals surface area contributed by atoms with Crippen LogP contribution in [0.2, 0.25) is 0 Å². The molecule has 0 radical (unpaired) electrons. The lowest BCUT2D eigenvalue weighted by Crippen LogP contribution is -2.40. The quantitative estimate of drug-likeness (QED) is 0.130. The van der Waals surface area contributed by atoms with Crippen molar-refractivity contribution in [1.29, 1.82) is 0 Å². The van der Waals surface area contributed by atoms with Gasteiger partial charge in [-0.15, -0.1) is 0 Å². The Balaban J connectivity index is 1.50. The molecular weight excluding hydrogens is 518 g/mol. The van der Waals surface area contributed by atoms with Gasteiger partial charge in [0.2, 0.25) is 0 Å². The zero-order chi connectivity index (χ0) is 27.6. The molecular formula is C28H34N5O5S-. The molecule has 0 aliphatic carbocycles. The van der Waals surface area contributed by atoms with Crippen LogP contribution in [0.4, 0.5) is 5.69 Å². The highest BCUT2D eigenvalue weighted by Gasteiger charge is 2.17. The molecule has 0 bridgehead atoms. The van der Waals surface area contributed by atoms with Gasteiger partial charge in [-0.2, -0.15) is 0 Å². The minimum Gasteiger partial charge on any atom is -0.750 e. The highest BCUT2D eigenvalue weighted by molar-refractivity contribution is 7.74. The number of hydrogen-bond acceptors (Lipinski definition) is 7. The third-order valence-corrected chi connectivity index (χ3v) is 7.04. The third kappa shape index (κ3) is 7.98. The number of aryl methyl sites for hydroxylation is 2. The van der Waals surface area contributed by atoms with E-state index in [1.165, 1.54) is 4.57 Å². The van der Waals surface area contributed by atoms with Crippen LogP contribution in [-0.2, 0) is 41.5 Å². The Kier molecular flexibility index (Phi) is 10.2. The smallest absolute Gasteiger partial charge is 0.332 e. The number of nitrogens with two attached hydrogens (primary N) is 1. The average molecular weight is 553 g/mol. The number of unbranched alkanes of at least 4 members (excludes halogenated alkanes) is 5. The van der Waals surface area contributed by atoms with Crippen molar-refractivity contribution in [3.05, 3.63) is 92.4 Å². The van der Waals surface area contributed by atoms with Crippen LogP contribution >= 0.6 is 0 Å². The van der Waals surface area contributed by atoms with E-state index in [4.69, 9.17) is 5.73 Å². The van der Waals surface area contributed by atoms with Crippen LogP contribution in [0, 0.1) is 0 Å². The average Bonchev–Trinajstić information content (AvgIpc) is 3.34. The Hall–Kier alpha value is -3.54. The van der Waals surface area contributed by atoms with Crippen LogP contribution in [0.3, 0.4) is 0 Å². The van der Waals surface area contributed by atoms with E-state index in [0.29, 0.717) is 61.4 Å². The van der Waals surface area contributed by atoms with Crippen molar-refractivity contribution in [2.45, 2.75) is 64.5 Å². The second-order valence-corrected chi connectivity index (χ2v) is 10.2. The Morgan fingerprint density at radius 1 is 0.872 bits per heavy atom. The minimum atomic E-state index is -2.46. The first-order valence-electron chi connectivity index (χ1n) is 13.3. The van der Waals surface area contributed by atoms with Gasteiger partial charge in [-0.25, -0.2) is 14.0 Å². The van der Waals surface area contributed by atoms with Crippen molar-refractivity contribution in [3.63, 3.8) is 0 Å². The SMILES string of the molecule is Nc1ccc(CCn2c(=O)n(CCCCCCCCOS(=O)[O-])c(=O)c3[nH]c(Cc4ccccc4)nc32)cc1. The predicted octanol–water partition coefficient (Wildman–Crippen LogP) is 3.45. The maximum Gasteiger partial charge on any atom is 0.332 e. The van der Waals surface area contributed by atoms with Crippen LogP contribution in [0.15, 0.2) is 64.2 Å². The number of nitrogens with zero attached hydrogens (tertiary/aromatic N) is 3. The second-order valence-electron chi connectivity index (χ2n) is 9.57. The predicted molar refractivity (Wildman–Crippen MR) is 151 cm³/mol. The van der Waals surface area contributed by atoms with Gasteiger partial charge in [-0.05, 0) is 42.5 Å². The number of imidazole rings is 1. The van der Waals surface area contributed by atoms with Gasteiger partial charge in [0.15, 0.2) is 5.65 Å². The molecule has 2 heterocycles. The molecule has 39 heavy (non-hydrogen) atoms. The fourth-order valence-corrected chi connectivity index (χ4v) is 4.87. The van der Waals surface area contributed by atoms with E-state index in [9.17, 15) is 18.4 Å². The lowest BCUT2D eigenvalue weighted by molar-refractivity contribution is 0.290. The van der Waals surface area contributed by atoms with Crippen molar-refractivity contribution in [2.75, 3.05) is 12.3 Å². The van der Waals surface area contributed by atoms with Crippen LogP contribution < -0.4 is 17.0 Å². The second kappa shape index (κ2) is 14.0. The number of aromatic amines is 1. The van der Waals surface area contributed by atoms with Gasteiger partial charge in [0, 0.05) is 25.2 Å². The van der Waals surface area contributed by atoms with Gasteiger partial charge in [-0.1, -0.05) is 68.1 Å². The first-order chi connectivity index (χ1) is 18.9. The van der Waals surface area contributed by atoms with Crippen molar-refractivity contribution in [3.8, 4) is 0 Å². The highest BCUT2D eigenvalue weighted by Crippen LogP contribution is 2.13. The molecule has 0 saturated carbocycles. The fourth-order valence-electron chi connectivity index (χ4n) is 4.62. The number of hydrogen-bond donors (Lipinski definition) is 2. The number of rotatable bonds is 15. The van der Waals surface area contributed by atoms with E-state index < -0.39 is 11.4 Å². The molecule has 0 spiro atoms. The number of benzene rings is 2. The summed E-state index contributed by atoms with van der Waals surface area (Å²) in [4.78, 5) is 34.8. The molecule has 4 aromatic rings. The third-order valence-electron chi connectivity index (χ3n) is 6.68. The molecule has 0 aliphatic rings. The summed E-state index contributed by atoms with van der Waals surface area (Å²) in [7, 11) is 0. The number of fused-ring (bicyclic) bond motifs is 1. The van der Waals surface area contributed by atoms with Gasteiger partial charge < -0.3 is 19.5 Å². The Morgan fingerprint density at radius 3 is 2.28 bits per heavy atom. The summed E-state index contributed by atoms with van der Waals surface area (Å²) in [5.41, 5.74) is 8.59. The number of aromatic nitrogens is 4. The first-order valence-corrected chi connectivity index (χ1v) is 14.3. The molecule has 2 aromatic heterocycles. The van der Waals surface area contributed by atoms with E-state index in [2.05, 4.69) is 14.2 Å². The minimum absolute atomic E-state index is 0.192. The molecule has 4 rings (SSSR count). The van der Waals surface area contributed by atoms with Gasteiger partial charge >= 0.3 is 5.69 Å². The number of H-pyrrole nitrogens is 1. The number of nitrogen functional groups attached to an aromatic ring is 1. The van der Waals surface area contributed by atoms with Crippen molar-refractivity contribution >= 4 is 28.2 Å².